The van der Waals surface area contributed by atoms with Gasteiger partial charge in [-0.25, -0.2) is 0 Å². The Hall–Kier alpha value is -0.720. The fraction of sp³-hybridized carbons (Fsp3) is 0.667. The second-order valence-electron chi connectivity index (χ2n) is 5.01. The number of allylic oxidation sites excluding steroid dienone is 4. The SMILES string of the molecule is CC1C=CC=C2NCCC(C)(C)C21. The molecule has 0 saturated carbocycles. The molecule has 0 aromatic carbocycles. The van der Waals surface area contributed by atoms with Crippen molar-refractivity contribution < 1.29 is 0 Å². The molecule has 2 atom stereocenters. The zero-order valence-electron chi connectivity index (χ0n) is 8.80. The molecule has 2 rings (SSSR count). The van der Waals surface area contributed by atoms with Crippen LogP contribution in [-0.4, -0.2) is 6.54 Å². The molecule has 0 amide bonds. The minimum atomic E-state index is 0.460. The first-order valence-corrected chi connectivity index (χ1v) is 5.23. The van der Waals surface area contributed by atoms with Crippen LogP contribution in [0.2, 0.25) is 0 Å². The number of hydrogen-bond donors (Lipinski definition) is 1. The summed E-state index contributed by atoms with van der Waals surface area (Å²) >= 11 is 0. The number of rotatable bonds is 0. The van der Waals surface area contributed by atoms with Gasteiger partial charge in [-0.2, -0.15) is 0 Å². The summed E-state index contributed by atoms with van der Waals surface area (Å²) in [5.41, 5.74) is 1.91. The van der Waals surface area contributed by atoms with Crippen molar-refractivity contribution in [2.45, 2.75) is 27.2 Å². The van der Waals surface area contributed by atoms with Gasteiger partial charge in [0.15, 0.2) is 0 Å². The van der Waals surface area contributed by atoms with Gasteiger partial charge in [0.25, 0.3) is 0 Å². The Morgan fingerprint density at radius 2 is 2.23 bits per heavy atom. The number of fused-ring (bicyclic) bond motifs is 1. The van der Waals surface area contributed by atoms with E-state index in [1.54, 1.807) is 0 Å². The van der Waals surface area contributed by atoms with Crippen LogP contribution in [0.1, 0.15) is 27.2 Å². The van der Waals surface area contributed by atoms with E-state index in [1.165, 1.54) is 12.1 Å². The van der Waals surface area contributed by atoms with Crippen LogP contribution in [0.4, 0.5) is 0 Å². The lowest BCUT2D eigenvalue weighted by Crippen LogP contribution is -2.43. The van der Waals surface area contributed by atoms with Gasteiger partial charge < -0.3 is 5.32 Å². The van der Waals surface area contributed by atoms with Gasteiger partial charge >= 0.3 is 0 Å². The standard InChI is InChI=1S/C12H19N/c1-9-5-4-6-10-11(9)12(2,3)7-8-13-10/h4-6,9,11,13H,7-8H2,1-3H3. The molecule has 2 aliphatic rings. The molecule has 0 bridgehead atoms. The normalized spacial score (nSPS) is 36.1. The largest absolute Gasteiger partial charge is 0.388 e. The molecular formula is C12H19N. The summed E-state index contributed by atoms with van der Waals surface area (Å²) in [5, 5.41) is 3.52. The fourth-order valence-electron chi connectivity index (χ4n) is 2.82. The summed E-state index contributed by atoms with van der Waals surface area (Å²) < 4.78 is 0. The summed E-state index contributed by atoms with van der Waals surface area (Å²) in [5.74, 6) is 1.38. The fourth-order valence-corrected chi connectivity index (χ4v) is 2.82. The van der Waals surface area contributed by atoms with Gasteiger partial charge in [0.2, 0.25) is 0 Å². The van der Waals surface area contributed by atoms with E-state index in [0.717, 1.165) is 6.54 Å². The van der Waals surface area contributed by atoms with Crippen molar-refractivity contribution in [3.8, 4) is 0 Å². The third-order valence-corrected chi connectivity index (χ3v) is 3.49. The molecule has 0 radical (unpaired) electrons. The highest BCUT2D eigenvalue weighted by atomic mass is 14.9. The molecule has 1 heterocycles. The number of hydrogen-bond acceptors (Lipinski definition) is 1. The van der Waals surface area contributed by atoms with Crippen LogP contribution < -0.4 is 5.32 Å². The Labute approximate surface area is 80.9 Å². The highest BCUT2D eigenvalue weighted by Crippen LogP contribution is 2.44. The van der Waals surface area contributed by atoms with E-state index in [1.807, 2.05) is 0 Å². The minimum absolute atomic E-state index is 0.460. The van der Waals surface area contributed by atoms with Crippen molar-refractivity contribution in [3.63, 3.8) is 0 Å². The predicted octanol–water partition coefficient (Wildman–Crippen LogP) is 2.71. The van der Waals surface area contributed by atoms with Gasteiger partial charge in [0, 0.05) is 18.2 Å². The van der Waals surface area contributed by atoms with Crippen LogP contribution in [0.5, 0.6) is 0 Å². The van der Waals surface area contributed by atoms with Crippen molar-refractivity contribution in [1.82, 2.24) is 5.32 Å². The Kier molecular flexibility index (Phi) is 1.98. The molecule has 1 aliphatic heterocycles. The third-order valence-electron chi connectivity index (χ3n) is 3.49. The first-order valence-electron chi connectivity index (χ1n) is 5.23. The lowest BCUT2D eigenvalue weighted by atomic mass is 9.65. The van der Waals surface area contributed by atoms with Gasteiger partial charge in [-0.15, -0.1) is 0 Å². The Morgan fingerprint density at radius 3 is 2.92 bits per heavy atom. The van der Waals surface area contributed by atoms with E-state index in [2.05, 4.69) is 44.3 Å². The van der Waals surface area contributed by atoms with Crippen LogP contribution in [-0.2, 0) is 0 Å². The van der Waals surface area contributed by atoms with E-state index >= 15 is 0 Å². The summed E-state index contributed by atoms with van der Waals surface area (Å²) in [6, 6.07) is 0. The van der Waals surface area contributed by atoms with Crippen molar-refractivity contribution in [2.24, 2.45) is 17.3 Å². The number of nitrogens with one attached hydrogen (secondary N) is 1. The summed E-state index contributed by atoms with van der Waals surface area (Å²) in [6.07, 6.45) is 8.03. The lowest BCUT2D eigenvalue weighted by Gasteiger charge is -2.44. The van der Waals surface area contributed by atoms with E-state index in [0.29, 0.717) is 17.3 Å². The molecule has 0 aromatic rings. The maximum Gasteiger partial charge on any atom is 0.0149 e. The van der Waals surface area contributed by atoms with E-state index in [-0.39, 0.29) is 0 Å². The molecule has 1 heteroatoms. The molecule has 1 aliphatic carbocycles. The van der Waals surface area contributed by atoms with Crippen molar-refractivity contribution in [3.05, 3.63) is 23.9 Å². The summed E-state index contributed by atoms with van der Waals surface area (Å²) in [4.78, 5) is 0. The van der Waals surface area contributed by atoms with Gasteiger partial charge in [0.05, 0.1) is 0 Å². The highest BCUT2D eigenvalue weighted by molar-refractivity contribution is 5.25. The molecule has 1 saturated heterocycles. The predicted molar refractivity (Wildman–Crippen MR) is 56.3 cm³/mol. The second-order valence-corrected chi connectivity index (χ2v) is 5.01. The van der Waals surface area contributed by atoms with Crippen LogP contribution in [0.15, 0.2) is 23.9 Å². The monoisotopic (exact) mass is 177 g/mol. The molecule has 1 nitrogen and oxygen atoms in total. The third kappa shape index (κ3) is 1.41. The second kappa shape index (κ2) is 2.90. The van der Waals surface area contributed by atoms with Gasteiger partial charge in [0.1, 0.15) is 0 Å². The molecule has 1 N–H and O–H groups in total. The van der Waals surface area contributed by atoms with Gasteiger partial charge in [-0.05, 0) is 23.8 Å². The summed E-state index contributed by atoms with van der Waals surface area (Å²) in [6.45, 7) is 8.24. The van der Waals surface area contributed by atoms with Crippen molar-refractivity contribution in [1.29, 1.82) is 0 Å². The molecular weight excluding hydrogens is 158 g/mol. The van der Waals surface area contributed by atoms with Crippen molar-refractivity contribution in [2.75, 3.05) is 6.54 Å². The van der Waals surface area contributed by atoms with Crippen molar-refractivity contribution >= 4 is 0 Å². The van der Waals surface area contributed by atoms with Gasteiger partial charge in [-0.3, -0.25) is 0 Å². The Bertz CT molecular complexity index is 260. The maximum atomic E-state index is 3.52. The molecule has 0 aromatic heterocycles. The molecule has 2 unspecified atom stereocenters. The first kappa shape index (κ1) is 8.86. The average Bonchev–Trinajstić information content (AvgIpc) is 2.02. The van der Waals surface area contributed by atoms with Crippen LogP contribution in [0.3, 0.4) is 0 Å². The topological polar surface area (TPSA) is 12.0 Å². The number of piperidine rings is 1. The maximum absolute atomic E-state index is 3.52. The molecule has 1 fully saturated rings. The minimum Gasteiger partial charge on any atom is -0.388 e. The van der Waals surface area contributed by atoms with Crippen LogP contribution >= 0.6 is 0 Å². The van der Waals surface area contributed by atoms with E-state index in [4.69, 9.17) is 0 Å². The van der Waals surface area contributed by atoms with Crippen LogP contribution in [0.25, 0.3) is 0 Å². The summed E-state index contributed by atoms with van der Waals surface area (Å²) in [7, 11) is 0. The first-order chi connectivity index (χ1) is 6.11. The molecule has 13 heavy (non-hydrogen) atoms. The zero-order valence-corrected chi connectivity index (χ0v) is 8.80. The van der Waals surface area contributed by atoms with E-state index < -0.39 is 0 Å². The van der Waals surface area contributed by atoms with Gasteiger partial charge in [-0.1, -0.05) is 32.9 Å². The Morgan fingerprint density at radius 1 is 1.46 bits per heavy atom. The van der Waals surface area contributed by atoms with Crippen LogP contribution in [0, 0.1) is 17.3 Å². The quantitative estimate of drug-likeness (QED) is 0.600. The highest BCUT2D eigenvalue weighted by Gasteiger charge is 2.38. The Balaban J connectivity index is 2.32. The molecule has 72 valence electrons. The molecule has 0 spiro atoms. The zero-order chi connectivity index (χ0) is 9.47. The lowest BCUT2D eigenvalue weighted by molar-refractivity contribution is 0.153. The average molecular weight is 177 g/mol. The smallest absolute Gasteiger partial charge is 0.0149 e. The van der Waals surface area contributed by atoms with E-state index in [9.17, 15) is 0 Å².